The predicted molar refractivity (Wildman–Crippen MR) is 95.3 cm³/mol. The van der Waals surface area contributed by atoms with Gasteiger partial charge in [-0.3, -0.25) is 14.5 Å². The first-order chi connectivity index (χ1) is 12.2. The minimum atomic E-state index is -0.171. The van der Waals surface area contributed by atoms with Crippen LogP contribution in [0.2, 0.25) is 0 Å². The van der Waals surface area contributed by atoms with E-state index < -0.39 is 0 Å². The molecule has 1 N–H and O–H groups in total. The number of hydrogen-bond donors (Lipinski definition) is 1. The van der Waals surface area contributed by atoms with Crippen molar-refractivity contribution in [1.82, 2.24) is 19.7 Å². The average molecular weight is 343 g/mol. The number of ether oxygens (including phenoxy) is 1. The molecule has 1 saturated heterocycles. The summed E-state index contributed by atoms with van der Waals surface area (Å²) in [6.07, 6.45) is 4.81. The van der Waals surface area contributed by atoms with Gasteiger partial charge in [-0.25, -0.2) is 0 Å². The van der Waals surface area contributed by atoms with E-state index in [1.807, 2.05) is 47.9 Å². The van der Waals surface area contributed by atoms with E-state index in [0.29, 0.717) is 26.1 Å². The molecule has 0 radical (unpaired) electrons. The normalized spacial score (nSPS) is 17.5. The summed E-state index contributed by atoms with van der Waals surface area (Å²) in [7, 11) is 1.88. The predicted octanol–water partition coefficient (Wildman–Crippen LogP) is 2.01. The van der Waals surface area contributed by atoms with Crippen molar-refractivity contribution in [3.05, 3.63) is 42.0 Å². The summed E-state index contributed by atoms with van der Waals surface area (Å²) in [6, 6.07) is 5.87. The van der Waals surface area contributed by atoms with Crippen LogP contribution in [-0.2, 0) is 16.1 Å². The van der Waals surface area contributed by atoms with Crippen molar-refractivity contribution < 1.29 is 9.53 Å². The number of amides is 1. The van der Waals surface area contributed by atoms with Crippen LogP contribution < -0.4 is 5.32 Å². The summed E-state index contributed by atoms with van der Waals surface area (Å²) in [4.78, 5) is 19.0. The van der Waals surface area contributed by atoms with E-state index in [1.54, 1.807) is 6.20 Å². The summed E-state index contributed by atoms with van der Waals surface area (Å²) >= 11 is 0. The maximum atomic E-state index is 12.5. The number of aryl methyl sites for hydroxylation is 2. The summed E-state index contributed by atoms with van der Waals surface area (Å²) in [5.74, 6) is 0.168. The highest BCUT2D eigenvalue weighted by molar-refractivity contribution is 5.76. The first kappa shape index (κ1) is 17.4. The van der Waals surface area contributed by atoms with Crippen LogP contribution in [0.1, 0.15) is 30.3 Å². The van der Waals surface area contributed by atoms with Crippen LogP contribution in [-0.4, -0.2) is 52.3 Å². The van der Waals surface area contributed by atoms with Gasteiger partial charge in [-0.1, -0.05) is 0 Å². The van der Waals surface area contributed by atoms with Crippen LogP contribution in [0, 0.1) is 6.92 Å². The number of carbonyl (C=O) groups is 1. The van der Waals surface area contributed by atoms with E-state index in [-0.39, 0.29) is 12.0 Å². The molecule has 3 heterocycles. The smallest absolute Gasteiger partial charge is 0.222 e. The van der Waals surface area contributed by atoms with Gasteiger partial charge in [0.2, 0.25) is 5.91 Å². The zero-order valence-electron chi connectivity index (χ0n) is 14.8. The highest BCUT2D eigenvalue weighted by atomic mass is 16.5. The van der Waals surface area contributed by atoms with Gasteiger partial charge in [0.25, 0.3) is 0 Å². The number of anilines is 1. The van der Waals surface area contributed by atoms with Gasteiger partial charge in [0.1, 0.15) is 6.10 Å². The van der Waals surface area contributed by atoms with Crippen LogP contribution in [0.4, 0.5) is 5.69 Å². The minimum absolute atomic E-state index is 0.168. The van der Waals surface area contributed by atoms with Gasteiger partial charge < -0.3 is 15.0 Å². The molecule has 1 fully saturated rings. The number of pyridine rings is 1. The second-order valence-corrected chi connectivity index (χ2v) is 6.24. The lowest BCUT2D eigenvalue weighted by Crippen LogP contribution is -2.42. The van der Waals surface area contributed by atoms with E-state index >= 15 is 0 Å². The largest absolute Gasteiger partial charge is 0.388 e. The third-order valence-electron chi connectivity index (χ3n) is 4.35. The number of carbonyl (C=O) groups excluding carboxylic acids is 1. The molecule has 2 aromatic rings. The third-order valence-corrected chi connectivity index (χ3v) is 4.35. The standard InChI is InChI=1S/C18H25N5O2/c1-14-11-15(19-2)12-16(21-14)17-13-22(9-10-25-17)18(24)5-3-7-23-8-4-6-20-23/h4,6,8,11-12,17H,3,5,7,9-10,13H2,1-2H3,(H,19,21)/t17-/m0/s1. The zero-order chi connectivity index (χ0) is 17.6. The number of nitrogens with zero attached hydrogens (tertiary/aromatic N) is 4. The Kier molecular flexibility index (Phi) is 5.65. The van der Waals surface area contributed by atoms with Crippen molar-refractivity contribution in [3.63, 3.8) is 0 Å². The summed E-state index contributed by atoms with van der Waals surface area (Å²) in [5, 5.41) is 7.30. The molecule has 0 aromatic carbocycles. The van der Waals surface area contributed by atoms with Crippen LogP contribution in [0.3, 0.4) is 0 Å². The highest BCUT2D eigenvalue weighted by Crippen LogP contribution is 2.24. The monoisotopic (exact) mass is 343 g/mol. The Morgan fingerprint density at radius 3 is 3.08 bits per heavy atom. The van der Waals surface area contributed by atoms with Crippen LogP contribution >= 0.6 is 0 Å². The molecular formula is C18H25N5O2. The molecule has 7 nitrogen and oxygen atoms in total. The third kappa shape index (κ3) is 4.57. The SMILES string of the molecule is CNc1cc(C)nc([C@@H]2CN(C(=O)CCCn3cccn3)CCO2)c1. The number of morpholine rings is 1. The first-order valence-corrected chi connectivity index (χ1v) is 8.69. The van der Waals surface area contributed by atoms with Gasteiger partial charge in [0.05, 0.1) is 18.8 Å². The molecule has 0 unspecified atom stereocenters. The molecule has 134 valence electrons. The maximum Gasteiger partial charge on any atom is 0.222 e. The molecule has 0 bridgehead atoms. The second-order valence-electron chi connectivity index (χ2n) is 6.24. The number of hydrogen-bond acceptors (Lipinski definition) is 5. The van der Waals surface area contributed by atoms with E-state index in [0.717, 1.165) is 30.0 Å². The molecule has 2 aromatic heterocycles. The van der Waals surface area contributed by atoms with Crippen LogP contribution in [0.15, 0.2) is 30.6 Å². The molecule has 1 aliphatic heterocycles. The molecule has 1 aliphatic rings. The Morgan fingerprint density at radius 1 is 1.44 bits per heavy atom. The topological polar surface area (TPSA) is 72.3 Å². The highest BCUT2D eigenvalue weighted by Gasteiger charge is 2.26. The lowest BCUT2D eigenvalue weighted by atomic mass is 10.1. The van der Waals surface area contributed by atoms with Crippen LogP contribution in [0.25, 0.3) is 0 Å². The van der Waals surface area contributed by atoms with Gasteiger partial charge in [-0.05, 0) is 31.5 Å². The molecular weight excluding hydrogens is 318 g/mol. The molecule has 1 amide bonds. The second kappa shape index (κ2) is 8.11. The fourth-order valence-electron chi connectivity index (χ4n) is 3.04. The Bertz CT molecular complexity index is 701. The molecule has 0 saturated carbocycles. The van der Waals surface area contributed by atoms with Crippen molar-refractivity contribution in [2.24, 2.45) is 0 Å². The van der Waals surface area contributed by atoms with E-state index in [9.17, 15) is 4.79 Å². The van der Waals surface area contributed by atoms with Crippen LogP contribution in [0.5, 0.6) is 0 Å². The van der Waals surface area contributed by atoms with Crippen molar-refractivity contribution in [3.8, 4) is 0 Å². The molecule has 7 heteroatoms. The molecule has 1 atom stereocenters. The zero-order valence-corrected chi connectivity index (χ0v) is 14.8. The lowest BCUT2D eigenvalue weighted by molar-refractivity contribution is -0.139. The average Bonchev–Trinajstić information content (AvgIpc) is 3.14. The Balaban J connectivity index is 1.57. The fourth-order valence-corrected chi connectivity index (χ4v) is 3.04. The number of aromatic nitrogens is 3. The van der Waals surface area contributed by atoms with Gasteiger partial charge >= 0.3 is 0 Å². The Hall–Kier alpha value is -2.41. The Labute approximate surface area is 148 Å². The quantitative estimate of drug-likeness (QED) is 0.869. The molecule has 0 aliphatic carbocycles. The maximum absolute atomic E-state index is 12.5. The summed E-state index contributed by atoms with van der Waals surface area (Å²) in [6.45, 7) is 4.46. The van der Waals surface area contributed by atoms with Gasteiger partial charge in [0.15, 0.2) is 0 Å². The van der Waals surface area contributed by atoms with Crippen molar-refractivity contribution in [1.29, 1.82) is 0 Å². The number of nitrogens with one attached hydrogen (secondary N) is 1. The Morgan fingerprint density at radius 2 is 2.32 bits per heavy atom. The van der Waals surface area contributed by atoms with Gasteiger partial charge in [-0.2, -0.15) is 5.10 Å². The molecule has 0 spiro atoms. The van der Waals surface area contributed by atoms with E-state index in [4.69, 9.17) is 4.74 Å². The summed E-state index contributed by atoms with van der Waals surface area (Å²) < 4.78 is 7.72. The number of rotatable bonds is 6. The fraction of sp³-hybridized carbons (Fsp3) is 0.500. The van der Waals surface area contributed by atoms with Crippen molar-refractivity contribution >= 4 is 11.6 Å². The minimum Gasteiger partial charge on any atom is -0.388 e. The summed E-state index contributed by atoms with van der Waals surface area (Å²) in [5.41, 5.74) is 2.82. The molecule has 25 heavy (non-hydrogen) atoms. The molecule has 3 rings (SSSR count). The first-order valence-electron chi connectivity index (χ1n) is 8.69. The van der Waals surface area contributed by atoms with Crippen molar-refractivity contribution in [2.75, 3.05) is 32.1 Å². The van der Waals surface area contributed by atoms with Gasteiger partial charge in [0, 0.05) is 50.3 Å². The van der Waals surface area contributed by atoms with Crippen molar-refractivity contribution in [2.45, 2.75) is 32.4 Å². The lowest BCUT2D eigenvalue weighted by Gasteiger charge is -2.33. The van der Waals surface area contributed by atoms with E-state index in [1.165, 1.54) is 0 Å². The van der Waals surface area contributed by atoms with E-state index in [2.05, 4.69) is 15.4 Å². The van der Waals surface area contributed by atoms with Gasteiger partial charge in [-0.15, -0.1) is 0 Å².